The predicted molar refractivity (Wildman–Crippen MR) is 186 cm³/mol. The highest BCUT2D eigenvalue weighted by Gasteiger charge is 2.18. The van der Waals surface area contributed by atoms with Gasteiger partial charge in [-0.25, -0.2) is 9.97 Å². The van der Waals surface area contributed by atoms with Gasteiger partial charge in [-0.05, 0) is 51.7 Å². The average molecular weight is 713 g/mol. The first-order valence-corrected chi connectivity index (χ1v) is 15.6. The van der Waals surface area contributed by atoms with E-state index in [9.17, 15) is 8.42 Å². The van der Waals surface area contributed by atoms with Crippen LogP contribution in [0.1, 0.15) is 63.8 Å². The van der Waals surface area contributed by atoms with Crippen molar-refractivity contribution in [1.82, 2.24) is 29.9 Å². The van der Waals surface area contributed by atoms with Crippen LogP contribution in [0.25, 0.3) is 22.1 Å². The van der Waals surface area contributed by atoms with Gasteiger partial charge in [0.25, 0.3) is 0 Å². The maximum atomic E-state index is 13.3. The molecule has 252 valence electrons. The molecule has 6 rings (SSSR count). The topological polar surface area (TPSA) is 154 Å². The molecule has 0 bridgehead atoms. The Kier molecular flexibility index (Phi) is 5.00. The molecule has 12 nitrogen and oxygen atoms in total. The molecule has 4 aromatic heterocycles. The van der Waals surface area contributed by atoms with Crippen molar-refractivity contribution < 1.29 is 57.5 Å². The van der Waals surface area contributed by atoms with Crippen LogP contribution < -0.4 is 18.9 Å². The number of rotatable bonds is 10. The zero-order chi connectivity index (χ0) is 53.1. The van der Waals surface area contributed by atoms with Crippen molar-refractivity contribution in [3.63, 3.8) is 0 Å². The number of imidazole rings is 2. The molecule has 0 amide bonds. The van der Waals surface area contributed by atoms with Crippen molar-refractivity contribution in [3.05, 3.63) is 82.4 Å². The summed E-state index contributed by atoms with van der Waals surface area (Å²) in [6, 6.07) is 9.43. The number of aromatic nitrogens is 6. The van der Waals surface area contributed by atoms with Gasteiger partial charge in [-0.2, -0.15) is 0 Å². The van der Waals surface area contributed by atoms with E-state index in [1.54, 1.807) is 24.3 Å². The van der Waals surface area contributed by atoms with Gasteiger partial charge in [-0.3, -0.25) is 18.4 Å². The van der Waals surface area contributed by atoms with Crippen LogP contribution in [0, 0.1) is 27.4 Å². The number of nitrogens with zero attached hydrogens (tertiary/aromatic N) is 4. The van der Waals surface area contributed by atoms with Crippen LogP contribution in [0.2, 0.25) is 0 Å². The lowest BCUT2D eigenvalue weighted by atomic mass is 10.1. The van der Waals surface area contributed by atoms with Gasteiger partial charge < -0.3 is 28.9 Å². The van der Waals surface area contributed by atoms with E-state index in [1.807, 2.05) is 0 Å². The number of fused-ring (bicyclic) bond motifs is 2. The molecule has 4 heterocycles. The van der Waals surface area contributed by atoms with Gasteiger partial charge in [0.15, 0.2) is 10.3 Å². The molecule has 14 heteroatoms. The van der Waals surface area contributed by atoms with Crippen molar-refractivity contribution in [2.75, 3.05) is 28.3 Å². The van der Waals surface area contributed by atoms with Crippen molar-refractivity contribution in [2.45, 2.75) is 49.2 Å². The molecule has 2 atom stereocenters. The van der Waals surface area contributed by atoms with E-state index in [0.717, 1.165) is 0 Å². The first-order valence-electron chi connectivity index (χ1n) is 24.1. The van der Waals surface area contributed by atoms with Gasteiger partial charge in [0.1, 0.15) is 23.0 Å². The summed E-state index contributed by atoms with van der Waals surface area (Å²) in [6.45, 7) is -12.8. The lowest BCUT2D eigenvalue weighted by Gasteiger charge is -2.11. The predicted octanol–water partition coefficient (Wildman–Crippen LogP) is 5.80. The molecule has 0 fully saturated rings. The molecule has 0 saturated heterocycles. The largest absolute Gasteiger partial charge is 0.497 e. The Balaban J connectivity index is 0.000000261. The van der Waals surface area contributed by atoms with Gasteiger partial charge in [-0.1, -0.05) is 0 Å². The molecule has 6 aromatic rings. The van der Waals surface area contributed by atoms with Crippen LogP contribution in [-0.2, 0) is 33.1 Å². The Morgan fingerprint density at radius 2 is 1.25 bits per heavy atom. The van der Waals surface area contributed by atoms with E-state index >= 15 is 0 Å². The fraction of sp³-hybridized carbons (Fsp3) is 0.294. The SMILES string of the molecule is [2H]c1nc(C([2H])([2H])S(=O)c2nc3ccc(OC)cc3[nH]2)c(C([2H])([2H])[2H])c(OC([2H])([2H])[2H])c1C([2H])([2H])[2H].[2H]c1nc(CS(=O)c2nc3ccc(OC)cc3[nH]2)c(C([2H])([2H])[2H])c(OC([2H])([2H])[2H])c1C([2H])([2H])[2H]. The van der Waals surface area contributed by atoms with Gasteiger partial charge >= 0.3 is 0 Å². The summed E-state index contributed by atoms with van der Waals surface area (Å²) in [4.78, 5) is 21.1. The summed E-state index contributed by atoms with van der Waals surface area (Å²) in [5.41, 5.74) is -7.40. The third-order valence-electron chi connectivity index (χ3n) is 6.40. The smallest absolute Gasteiger partial charge is 0.197 e. The molecule has 2 N–H and O–H groups in total. The molecule has 0 saturated carbocycles. The maximum absolute atomic E-state index is 13.3. The maximum Gasteiger partial charge on any atom is 0.197 e. The summed E-state index contributed by atoms with van der Waals surface area (Å²) in [6.07, 6.45) is -2.07. The molecule has 0 radical (unpaired) electrons. The van der Waals surface area contributed by atoms with E-state index in [1.165, 1.54) is 26.4 Å². The van der Waals surface area contributed by atoms with Gasteiger partial charge in [0, 0.05) is 65.9 Å². The number of methoxy groups -OCH3 is 4. The second-order valence-electron chi connectivity index (χ2n) is 9.32. The Morgan fingerprint density at radius 3 is 1.75 bits per heavy atom. The number of pyridine rings is 2. The number of ether oxygens (including phenoxy) is 4. The van der Waals surface area contributed by atoms with Crippen LogP contribution in [0.4, 0.5) is 0 Å². The minimum absolute atomic E-state index is 0.0359. The van der Waals surface area contributed by atoms with Crippen LogP contribution in [-0.4, -0.2) is 66.6 Å². The number of nitrogens with one attached hydrogen (secondary N) is 2. The normalized spacial score (nSPS) is 21.0. The van der Waals surface area contributed by atoms with Crippen molar-refractivity contribution in [1.29, 1.82) is 0 Å². The van der Waals surface area contributed by atoms with Crippen LogP contribution in [0.5, 0.6) is 23.0 Å². The minimum atomic E-state index is -3.38. The Bertz CT molecular complexity index is 2980. The van der Waals surface area contributed by atoms with Crippen LogP contribution in [0.15, 0.2) is 59.1 Å². The number of hydrogen-bond donors (Lipinski definition) is 2. The van der Waals surface area contributed by atoms with Crippen LogP contribution >= 0.6 is 0 Å². The van der Waals surface area contributed by atoms with Gasteiger partial charge in [0.05, 0.1) is 106 Å². The molecule has 0 aliphatic rings. The van der Waals surface area contributed by atoms with E-state index in [2.05, 4.69) is 29.9 Å². The monoisotopic (exact) mass is 712 g/mol. The lowest BCUT2D eigenvalue weighted by molar-refractivity contribution is 0.407. The van der Waals surface area contributed by atoms with Gasteiger partial charge in [0.2, 0.25) is 0 Å². The summed E-state index contributed by atoms with van der Waals surface area (Å²) >= 11 is 0. The van der Waals surface area contributed by atoms with Crippen molar-refractivity contribution >= 4 is 43.7 Å². The standard InChI is InChI=1S/2C17H19N3O3S/c2*1-10-8-18-15(11(2)16(10)23-4)9-24(21)17-19-13-6-5-12(22-3)7-14(13)20-17/h2*5-8H,9H2,1-4H3,(H,19,20)/i1D3,2D3,4D3,8D,9D2;1D3,2D3,4D3,8D. The van der Waals surface area contributed by atoms with E-state index in [4.69, 9.17) is 49.1 Å². The minimum Gasteiger partial charge on any atom is -0.497 e. The summed E-state index contributed by atoms with van der Waals surface area (Å²) in [7, 11) is -8.53. The highest BCUT2D eigenvalue weighted by molar-refractivity contribution is 7.84. The third-order valence-corrected chi connectivity index (χ3v) is 8.49. The Hall–Kier alpha value is -4.82. The lowest BCUT2D eigenvalue weighted by Crippen LogP contribution is -2.05. The molecule has 2 aromatic carbocycles. The first kappa shape index (κ1) is 16.1. The first-order chi connectivity index (χ1) is 31.8. The van der Waals surface area contributed by atoms with E-state index < -0.39 is 137 Å². The number of benzene rings is 2. The fourth-order valence-corrected chi connectivity index (χ4v) is 5.85. The highest BCUT2D eigenvalue weighted by atomic mass is 32.2. The van der Waals surface area contributed by atoms with Crippen molar-refractivity contribution in [3.8, 4) is 23.0 Å². The quantitative estimate of drug-likeness (QED) is 0.178. The van der Waals surface area contributed by atoms with E-state index in [0.29, 0.717) is 28.0 Å². The number of H-pyrrole nitrogens is 2. The third kappa shape index (κ3) is 7.34. The Morgan fingerprint density at radius 1 is 0.729 bits per heavy atom. The average Bonchev–Trinajstić information content (AvgIpc) is 3.81. The number of aromatic amines is 2. The molecule has 48 heavy (non-hydrogen) atoms. The van der Waals surface area contributed by atoms with E-state index in [-0.39, 0.29) is 10.7 Å². The molecule has 0 aliphatic heterocycles. The Labute approximate surface area is 314 Å². The highest BCUT2D eigenvalue weighted by Crippen LogP contribution is 2.28. The van der Waals surface area contributed by atoms with Crippen LogP contribution in [0.3, 0.4) is 0 Å². The zero-order valence-electron chi connectivity index (χ0n) is 46.7. The summed E-state index contributed by atoms with van der Waals surface area (Å²) < 4.78 is 216. The second-order valence-corrected chi connectivity index (χ2v) is 11.8. The number of hydrogen-bond acceptors (Lipinski definition) is 10. The molecule has 2 unspecified atom stereocenters. The molecular formula is C34H38N6O6S2. The molecular weight excluding hydrogens is 653 g/mol. The second kappa shape index (κ2) is 14.9. The fourth-order valence-electron chi connectivity index (χ4n) is 4.03. The van der Waals surface area contributed by atoms with Crippen molar-refractivity contribution in [2.24, 2.45) is 0 Å². The molecule has 0 aliphatic carbocycles. The summed E-state index contributed by atoms with van der Waals surface area (Å²) in [5, 5.41) is -0.461. The van der Waals surface area contributed by atoms with Gasteiger partial charge in [-0.15, -0.1) is 0 Å². The molecule has 0 spiro atoms. The summed E-state index contributed by atoms with van der Waals surface area (Å²) in [5.74, 6) is -1.94. The zero-order valence-corrected chi connectivity index (χ0v) is 26.4.